The first-order valence-electron chi connectivity index (χ1n) is 7.30. The third-order valence-corrected chi connectivity index (χ3v) is 4.72. The highest BCUT2D eigenvalue weighted by molar-refractivity contribution is 5.72. The largest absolute Gasteiger partial charge is 0.398 e. The van der Waals surface area contributed by atoms with Gasteiger partial charge in [0.15, 0.2) is 0 Å². The molecule has 5 heteroatoms. The van der Waals surface area contributed by atoms with Crippen LogP contribution < -0.4 is 5.73 Å². The maximum absolute atomic E-state index is 6.09. The van der Waals surface area contributed by atoms with Crippen molar-refractivity contribution in [3.63, 3.8) is 0 Å². The molecule has 2 atom stereocenters. The van der Waals surface area contributed by atoms with E-state index in [1.54, 1.807) is 6.20 Å². The Hall–Kier alpha value is -1.88. The molecule has 2 aliphatic heterocycles. The highest BCUT2D eigenvalue weighted by Crippen LogP contribution is 2.38. The van der Waals surface area contributed by atoms with Crippen molar-refractivity contribution in [2.45, 2.75) is 31.3 Å². The van der Waals surface area contributed by atoms with E-state index in [4.69, 9.17) is 5.73 Å². The first-order chi connectivity index (χ1) is 9.84. The molecule has 0 aromatic carbocycles. The van der Waals surface area contributed by atoms with Crippen LogP contribution in [0.5, 0.6) is 0 Å². The van der Waals surface area contributed by atoms with E-state index in [0.717, 1.165) is 16.9 Å². The molecule has 0 spiro atoms. The fourth-order valence-electron chi connectivity index (χ4n) is 3.78. The minimum absolute atomic E-state index is 0.523. The minimum atomic E-state index is 0.523. The summed E-state index contributed by atoms with van der Waals surface area (Å²) in [6, 6.07) is 3.04. The summed E-state index contributed by atoms with van der Waals surface area (Å²) in [6.45, 7) is 2.45. The summed E-state index contributed by atoms with van der Waals surface area (Å²) in [5, 5.41) is 0. The Balaban J connectivity index is 1.74. The predicted molar refractivity (Wildman–Crippen MR) is 78.1 cm³/mol. The van der Waals surface area contributed by atoms with Crippen LogP contribution in [0, 0.1) is 0 Å². The van der Waals surface area contributed by atoms with Crippen LogP contribution in [0.3, 0.4) is 0 Å². The number of imidazole rings is 1. The lowest BCUT2D eigenvalue weighted by Gasteiger charge is -2.23. The molecule has 0 aliphatic carbocycles. The first-order valence-corrected chi connectivity index (χ1v) is 7.30. The lowest BCUT2D eigenvalue weighted by Crippen LogP contribution is -2.27. The molecule has 0 radical (unpaired) electrons. The van der Waals surface area contributed by atoms with Crippen molar-refractivity contribution >= 4 is 5.69 Å². The summed E-state index contributed by atoms with van der Waals surface area (Å²) in [5.41, 5.74) is 8.94. The topological polar surface area (TPSA) is 60.0 Å². The third kappa shape index (κ3) is 1.73. The van der Waals surface area contributed by atoms with Gasteiger partial charge < -0.3 is 10.3 Å². The predicted octanol–water partition coefficient (Wildman–Crippen LogP) is 1.94. The Morgan fingerprint density at radius 2 is 2.05 bits per heavy atom. The monoisotopic (exact) mass is 269 g/mol. The highest BCUT2D eigenvalue weighted by atomic mass is 15.3. The van der Waals surface area contributed by atoms with E-state index in [0.29, 0.717) is 12.1 Å². The van der Waals surface area contributed by atoms with E-state index in [1.807, 2.05) is 24.8 Å². The molecule has 20 heavy (non-hydrogen) atoms. The highest BCUT2D eigenvalue weighted by Gasteiger charge is 2.38. The Bertz CT molecular complexity index is 620. The van der Waals surface area contributed by atoms with Crippen molar-refractivity contribution in [3.05, 3.63) is 31.0 Å². The Morgan fingerprint density at radius 1 is 1.10 bits per heavy atom. The van der Waals surface area contributed by atoms with Crippen molar-refractivity contribution in [2.24, 2.45) is 0 Å². The van der Waals surface area contributed by atoms with Gasteiger partial charge >= 0.3 is 0 Å². The summed E-state index contributed by atoms with van der Waals surface area (Å²) in [7, 11) is 0. The number of fused-ring (bicyclic) bond motifs is 1. The van der Waals surface area contributed by atoms with Gasteiger partial charge in [0.25, 0.3) is 0 Å². The van der Waals surface area contributed by atoms with E-state index < -0.39 is 0 Å². The first kappa shape index (κ1) is 11.9. The van der Waals surface area contributed by atoms with E-state index in [-0.39, 0.29) is 0 Å². The fraction of sp³-hybridized carbons (Fsp3) is 0.467. The number of nitrogens with zero attached hydrogens (tertiary/aromatic N) is 4. The molecule has 2 aromatic heterocycles. The zero-order chi connectivity index (χ0) is 13.5. The fourth-order valence-corrected chi connectivity index (χ4v) is 3.78. The molecule has 0 bridgehead atoms. The molecular weight excluding hydrogens is 250 g/mol. The van der Waals surface area contributed by atoms with Gasteiger partial charge in [-0.25, -0.2) is 4.98 Å². The normalized spacial score (nSPS) is 26.0. The van der Waals surface area contributed by atoms with Gasteiger partial charge in [-0.05, 0) is 31.9 Å². The second-order valence-corrected chi connectivity index (χ2v) is 5.75. The van der Waals surface area contributed by atoms with Crippen LogP contribution in [0.1, 0.15) is 25.3 Å². The maximum Gasteiger partial charge on any atom is 0.0954 e. The average molecular weight is 269 g/mol. The number of pyridine rings is 1. The summed E-state index contributed by atoms with van der Waals surface area (Å²) < 4.78 is 2.31. The molecule has 0 saturated carbocycles. The van der Waals surface area contributed by atoms with Crippen molar-refractivity contribution in [1.29, 1.82) is 0 Å². The van der Waals surface area contributed by atoms with Crippen molar-refractivity contribution in [3.8, 4) is 11.3 Å². The van der Waals surface area contributed by atoms with Gasteiger partial charge in [-0.3, -0.25) is 9.88 Å². The van der Waals surface area contributed by atoms with Gasteiger partial charge in [-0.15, -0.1) is 0 Å². The standard InChI is InChI=1S/C15H19N5/c16-12-3-5-17-8-11(12)15-9-18-10-20(15)14-4-7-19-6-1-2-13(14)19/h3,5,8-10,13-14H,1-2,4,6-7H2,(H2,16,17). The van der Waals surface area contributed by atoms with Crippen LogP contribution in [-0.4, -0.2) is 38.6 Å². The number of nitrogens with two attached hydrogens (primary N) is 1. The van der Waals surface area contributed by atoms with Crippen molar-refractivity contribution in [2.75, 3.05) is 18.8 Å². The average Bonchev–Trinajstić information content (AvgIpc) is 3.14. The number of hydrogen-bond donors (Lipinski definition) is 1. The maximum atomic E-state index is 6.09. The SMILES string of the molecule is Nc1ccncc1-c1cncn1C1CCN2CCCC12. The quantitative estimate of drug-likeness (QED) is 0.905. The van der Waals surface area contributed by atoms with E-state index in [9.17, 15) is 0 Å². The smallest absolute Gasteiger partial charge is 0.0954 e. The number of rotatable bonds is 2. The van der Waals surface area contributed by atoms with Crippen LogP contribution >= 0.6 is 0 Å². The lowest BCUT2D eigenvalue weighted by atomic mass is 10.1. The van der Waals surface area contributed by atoms with Crippen LogP contribution in [0.4, 0.5) is 5.69 Å². The van der Waals surface area contributed by atoms with Crippen LogP contribution in [0.25, 0.3) is 11.3 Å². The number of hydrogen-bond acceptors (Lipinski definition) is 4. The van der Waals surface area contributed by atoms with Gasteiger partial charge in [0.2, 0.25) is 0 Å². The van der Waals surface area contributed by atoms with E-state index in [1.165, 1.54) is 32.4 Å². The minimum Gasteiger partial charge on any atom is -0.398 e. The third-order valence-electron chi connectivity index (χ3n) is 4.72. The summed E-state index contributed by atoms with van der Waals surface area (Å²) in [6.07, 6.45) is 11.2. The number of aromatic nitrogens is 3. The number of anilines is 1. The van der Waals surface area contributed by atoms with Gasteiger partial charge in [-0.1, -0.05) is 0 Å². The molecule has 2 N–H and O–H groups in total. The Morgan fingerprint density at radius 3 is 2.95 bits per heavy atom. The molecule has 4 heterocycles. The van der Waals surface area contributed by atoms with Gasteiger partial charge in [0.1, 0.15) is 0 Å². The van der Waals surface area contributed by atoms with Crippen molar-refractivity contribution in [1.82, 2.24) is 19.4 Å². The molecule has 4 rings (SSSR count). The zero-order valence-electron chi connectivity index (χ0n) is 11.4. The molecule has 104 valence electrons. The molecule has 0 amide bonds. The Kier molecular flexibility index (Phi) is 2.73. The summed E-state index contributed by atoms with van der Waals surface area (Å²) in [4.78, 5) is 11.2. The molecule has 2 aromatic rings. The molecule has 2 unspecified atom stereocenters. The second-order valence-electron chi connectivity index (χ2n) is 5.75. The van der Waals surface area contributed by atoms with E-state index >= 15 is 0 Å². The molecule has 2 saturated heterocycles. The van der Waals surface area contributed by atoms with Crippen LogP contribution in [0.2, 0.25) is 0 Å². The summed E-state index contributed by atoms with van der Waals surface area (Å²) >= 11 is 0. The Labute approximate surface area is 118 Å². The molecule has 5 nitrogen and oxygen atoms in total. The van der Waals surface area contributed by atoms with Crippen LogP contribution in [-0.2, 0) is 0 Å². The van der Waals surface area contributed by atoms with E-state index in [2.05, 4.69) is 19.4 Å². The van der Waals surface area contributed by atoms with Gasteiger partial charge in [0, 0.05) is 36.2 Å². The van der Waals surface area contributed by atoms with Gasteiger partial charge in [0.05, 0.1) is 24.3 Å². The zero-order valence-corrected chi connectivity index (χ0v) is 11.4. The van der Waals surface area contributed by atoms with Crippen LogP contribution in [0.15, 0.2) is 31.0 Å². The molecule has 2 aliphatic rings. The lowest BCUT2D eigenvalue weighted by molar-refractivity contribution is 0.291. The molecular formula is C15H19N5. The second kappa shape index (κ2) is 4.59. The number of nitrogen functional groups attached to an aromatic ring is 1. The van der Waals surface area contributed by atoms with Crippen molar-refractivity contribution < 1.29 is 0 Å². The summed E-state index contributed by atoms with van der Waals surface area (Å²) in [5.74, 6) is 0. The molecule has 2 fully saturated rings. The van der Waals surface area contributed by atoms with Gasteiger partial charge in [-0.2, -0.15) is 0 Å².